The van der Waals surface area contributed by atoms with Gasteiger partial charge in [0.2, 0.25) is 0 Å². The number of nitrogens with two attached hydrogens (primary N) is 1. The van der Waals surface area contributed by atoms with Crippen LogP contribution in [0.3, 0.4) is 0 Å². The number of hydrogen-bond acceptors (Lipinski definition) is 3. The lowest BCUT2D eigenvalue weighted by Crippen LogP contribution is -2.34. The van der Waals surface area contributed by atoms with E-state index in [1.165, 1.54) is 12.8 Å². The quantitative estimate of drug-likeness (QED) is 0.812. The molecular weight excluding hydrogens is 256 g/mol. The van der Waals surface area contributed by atoms with E-state index in [1.54, 1.807) is 7.11 Å². The highest BCUT2D eigenvalue weighted by Gasteiger charge is 2.27. The molecule has 0 amide bonds. The largest absolute Gasteiger partial charge is 0.497 e. The Labute approximate surface area is 120 Å². The molecule has 1 aromatic carbocycles. The van der Waals surface area contributed by atoms with E-state index in [0.29, 0.717) is 11.0 Å². The molecule has 0 heterocycles. The minimum Gasteiger partial charge on any atom is -0.497 e. The van der Waals surface area contributed by atoms with E-state index in [4.69, 9.17) is 22.7 Å². The number of benzene rings is 1. The number of anilines is 1. The van der Waals surface area contributed by atoms with Crippen LogP contribution in [0.4, 0.5) is 5.69 Å². The Morgan fingerprint density at radius 1 is 1.47 bits per heavy atom. The van der Waals surface area contributed by atoms with Crippen LogP contribution in [-0.4, -0.2) is 24.7 Å². The fourth-order valence-electron chi connectivity index (χ4n) is 2.25. The molecule has 2 N–H and O–H groups in total. The van der Waals surface area contributed by atoms with Crippen LogP contribution in [0.2, 0.25) is 0 Å². The van der Waals surface area contributed by atoms with Crippen molar-refractivity contribution in [3.63, 3.8) is 0 Å². The standard InChI is InChI=1S/C15H22N2OS/c1-10(2)17(9-11-4-5-11)14-8-12(18-3)6-7-13(14)15(16)19/h6-8,10-11H,4-5,9H2,1-3H3,(H2,16,19). The summed E-state index contributed by atoms with van der Waals surface area (Å²) < 4.78 is 5.33. The third-order valence-electron chi connectivity index (χ3n) is 3.55. The lowest BCUT2D eigenvalue weighted by Gasteiger charge is -2.31. The molecule has 1 aliphatic rings. The SMILES string of the molecule is COc1ccc(C(N)=S)c(N(CC2CC2)C(C)C)c1. The summed E-state index contributed by atoms with van der Waals surface area (Å²) in [6.07, 6.45) is 2.66. The monoisotopic (exact) mass is 278 g/mol. The van der Waals surface area contributed by atoms with Gasteiger partial charge in [-0.15, -0.1) is 0 Å². The van der Waals surface area contributed by atoms with Crippen LogP contribution in [0.25, 0.3) is 0 Å². The summed E-state index contributed by atoms with van der Waals surface area (Å²) in [5, 5.41) is 0. The Kier molecular flexibility index (Phi) is 4.30. The lowest BCUT2D eigenvalue weighted by molar-refractivity contribution is 0.414. The Bertz CT molecular complexity index is 469. The van der Waals surface area contributed by atoms with E-state index in [1.807, 2.05) is 18.2 Å². The Balaban J connectivity index is 2.39. The minimum atomic E-state index is 0.417. The first kappa shape index (κ1) is 14.1. The number of rotatable bonds is 6. The fraction of sp³-hybridized carbons (Fsp3) is 0.533. The smallest absolute Gasteiger partial charge is 0.120 e. The zero-order chi connectivity index (χ0) is 14.0. The first-order valence-corrected chi connectivity index (χ1v) is 7.18. The summed E-state index contributed by atoms with van der Waals surface area (Å²) in [6.45, 7) is 5.47. The minimum absolute atomic E-state index is 0.417. The van der Waals surface area contributed by atoms with Crippen molar-refractivity contribution >= 4 is 22.9 Å². The van der Waals surface area contributed by atoms with Gasteiger partial charge in [0, 0.05) is 24.2 Å². The summed E-state index contributed by atoms with van der Waals surface area (Å²) in [5.41, 5.74) is 7.88. The van der Waals surface area contributed by atoms with Crippen molar-refractivity contribution in [2.45, 2.75) is 32.7 Å². The zero-order valence-corrected chi connectivity index (χ0v) is 12.7. The number of hydrogen-bond donors (Lipinski definition) is 1. The maximum atomic E-state index is 5.85. The maximum Gasteiger partial charge on any atom is 0.120 e. The summed E-state index contributed by atoms with van der Waals surface area (Å²) in [6, 6.07) is 6.32. The number of methoxy groups -OCH3 is 1. The normalized spacial score (nSPS) is 14.5. The molecule has 1 saturated carbocycles. The van der Waals surface area contributed by atoms with E-state index >= 15 is 0 Å². The molecule has 0 radical (unpaired) electrons. The molecule has 0 unspecified atom stereocenters. The van der Waals surface area contributed by atoms with Crippen LogP contribution in [0, 0.1) is 5.92 Å². The van der Waals surface area contributed by atoms with Crippen LogP contribution >= 0.6 is 12.2 Å². The molecule has 1 aromatic rings. The van der Waals surface area contributed by atoms with Crippen LogP contribution in [0.15, 0.2) is 18.2 Å². The highest BCUT2D eigenvalue weighted by Crippen LogP contribution is 2.34. The van der Waals surface area contributed by atoms with Crippen molar-refractivity contribution in [2.24, 2.45) is 11.7 Å². The number of nitrogens with zero attached hydrogens (tertiary/aromatic N) is 1. The van der Waals surface area contributed by atoms with Crippen LogP contribution in [0.5, 0.6) is 5.75 Å². The zero-order valence-electron chi connectivity index (χ0n) is 11.8. The second-order valence-electron chi connectivity index (χ2n) is 5.44. The molecule has 4 heteroatoms. The molecule has 2 rings (SSSR count). The molecule has 0 bridgehead atoms. The predicted molar refractivity (Wildman–Crippen MR) is 84.1 cm³/mol. The van der Waals surface area contributed by atoms with Crippen molar-refractivity contribution in [2.75, 3.05) is 18.6 Å². The van der Waals surface area contributed by atoms with E-state index in [2.05, 4.69) is 18.7 Å². The van der Waals surface area contributed by atoms with Gasteiger partial charge in [0.25, 0.3) is 0 Å². The predicted octanol–water partition coefficient (Wildman–Crippen LogP) is 2.95. The Morgan fingerprint density at radius 2 is 2.16 bits per heavy atom. The van der Waals surface area contributed by atoms with Gasteiger partial charge in [-0.2, -0.15) is 0 Å². The van der Waals surface area contributed by atoms with Crippen molar-refractivity contribution < 1.29 is 4.74 Å². The summed E-state index contributed by atoms with van der Waals surface area (Å²) in [5.74, 6) is 1.66. The van der Waals surface area contributed by atoms with Gasteiger partial charge >= 0.3 is 0 Å². The first-order valence-electron chi connectivity index (χ1n) is 6.77. The Morgan fingerprint density at radius 3 is 2.63 bits per heavy atom. The number of ether oxygens (including phenoxy) is 1. The third-order valence-corrected chi connectivity index (χ3v) is 3.77. The van der Waals surface area contributed by atoms with Crippen molar-refractivity contribution in [1.29, 1.82) is 0 Å². The second kappa shape index (κ2) is 5.78. The highest BCUT2D eigenvalue weighted by molar-refractivity contribution is 7.80. The molecular formula is C15H22N2OS. The molecule has 3 nitrogen and oxygen atoms in total. The molecule has 1 aliphatic carbocycles. The topological polar surface area (TPSA) is 38.5 Å². The molecule has 19 heavy (non-hydrogen) atoms. The maximum absolute atomic E-state index is 5.85. The van der Waals surface area contributed by atoms with Crippen LogP contribution in [0.1, 0.15) is 32.3 Å². The average Bonchev–Trinajstić information content (AvgIpc) is 3.18. The van der Waals surface area contributed by atoms with Gasteiger partial charge in [0.1, 0.15) is 10.7 Å². The Hall–Kier alpha value is -1.29. The van der Waals surface area contributed by atoms with Crippen molar-refractivity contribution in [3.8, 4) is 5.75 Å². The summed E-state index contributed by atoms with van der Waals surface area (Å²) >= 11 is 5.17. The van der Waals surface area contributed by atoms with Crippen LogP contribution < -0.4 is 15.4 Å². The molecule has 0 saturated heterocycles. The molecule has 0 aromatic heterocycles. The fourth-order valence-corrected chi connectivity index (χ4v) is 2.42. The van der Waals surface area contributed by atoms with Gasteiger partial charge in [0.05, 0.1) is 12.8 Å². The van der Waals surface area contributed by atoms with Gasteiger partial charge < -0.3 is 15.4 Å². The summed E-state index contributed by atoms with van der Waals surface area (Å²) in [4.78, 5) is 2.83. The molecule has 1 fully saturated rings. The molecule has 0 atom stereocenters. The van der Waals surface area contributed by atoms with E-state index in [0.717, 1.165) is 29.5 Å². The molecule has 0 spiro atoms. The van der Waals surface area contributed by atoms with Crippen LogP contribution in [-0.2, 0) is 0 Å². The van der Waals surface area contributed by atoms with E-state index in [-0.39, 0.29) is 0 Å². The van der Waals surface area contributed by atoms with E-state index in [9.17, 15) is 0 Å². The second-order valence-corrected chi connectivity index (χ2v) is 5.88. The van der Waals surface area contributed by atoms with Gasteiger partial charge in [-0.05, 0) is 44.7 Å². The van der Waals surface area contributed by atoms with Crippen molar-refractivity contribution in [3.05, 3.63) is 23.8 Å². The van der Waals surface area contributed by atoms with Gasteiger partial charge in [-0.1, -0.05) is 12.2 Å². The summed E-state index contributed by atoms with van der Waals surface area (Å²) in [7, 11) is 1.68. The van der Waals surface area contributed by atoms with Gasteiger partial charge in [0.15, 0.2) is 0 Å². The number of thiocarbonyl (C=S) groups is 1. The molecule has 0 aliphatic heterocycles. The van der Waals surface area contributed by atoms with Gasteiger partial charge in [-0.25, -0.2) is 0 Å². The lowest BCUT2D eigenvalue weighted by atomic mass is 10.1. The molecule has 104 valence electrons. The van der Waals surface area contributed by atoms with Crippen molar-refractivity contribution in [1.82, 2.24) is 0 Å². The average molecular weight is 278 g/mol. The van der Waals surface area contributed by atoms with E-state index < -0.39 is 0 Å². The third kappa shape index (κ3) is 3.38. The van der Waals surface area contributed by atoms with Gasteiger partial charge in [-0.3, -0.25) is 0 Å². The highest BCUT2D eigenvalue weighted by atomic mass is 32.1. The first-order chi connectivity index (χ1) is 9.02.